The molecule has 1 aromatic rings. The number of esters is 1. The highest BCUT2D eigenvalue weighted by Gasteiger charge is 2.10. The third-order valence-electron chi connectivity index (χ3n) is 3.54. The van der Waals surface area contributed by atoms with Crippen LogP contribution in [-0.4, -0.2) is 43.4 Å². The third-order valence-corrected chi connectivity index (χ3v) is 3.54. The minimum atomic E-state index is -0.470. The number of carbonyl (C=O) groups is 4. The Labute approximate surface area is 159 Å². The number of carbonyl (C=O) groups excluding carboxylic acids is 4. The van der Waals surface area contributed by atoms with Crippen LogP contribution in [0.25, 0.3) is 0 Å². The molecule has 0 unspecified atom stereocenters. The van der Waals surface area contributed by atoms with E-state index in [-0.39, 0.29) is 24.8 Å². The molecule has 0 atom stereocenters. The number of nitrogens with one attached hydrogen (secondary N) is 3. The summed E-state index contributed by atoms with van der Waals surface area (Å²) >= 11 is 0. The first kappa shape index (κ1) is 22.1. The molecule has 0 aromatic heterocycles. The molecular formula is C19H27N3O5. The molecule has 8 heteroatoms. The number of hydrogen-bond acceptors (Lipinski definition) is 5. The van der Waals surface area contributed by atoms with E-state index in [0.717, 1.165) is 12.8 Å². The first-order chi connectivity index (χ1) is 12.9. The highest BCUT2D eigenvalue weighted by molar-refractivity contribution is 5.97. The summed E-state index contributed by atoms with van der Waals surface area (Å²) in [4.78, 5) is 46.0. The van der Waals surface area contributed by atoms with Crippen molar-refractivity contribution in [2.24, 2.45) is 0 Å². The Morgan fingerprint density at radius 2 is 1.81 bits per heavy atom. The van der Waals surface area contributed by atoms with Crippen molar-refractivity contribution >= 4 is 29.4 Å². The van der Waals surface area contributed by atoms with Crippen LogP contribution in [0, 0.1) is 0 Å². The molecule has 0 bridgehead atoms. The van der Waals surface area contributed by atoms with Crippen LogP contribution in [0.5, 0.6) is 0 Å². The third kappa shape index (κ3) is 9.98. The number of rotatable bonds is 11. The first-order valence-electron chi connectivity index (χ1n) is 9.00. The van der Waals surface area contributed by atoms with Gasteiger partial charge in [-0.25, -0.2) is 0 Å². The van der Waals surface area contributed by atoms with Crippen LogP contribution in [0.15, 0.2) is 24.3 Å². The maximum Gasteiger partial charge on any atom is 0.306 e. The molecule has 8 nitrogen and oxygen atoms in total. The van der Waals surface area contributed by atoms with Gasteiger partial charge in [0.1, 0.15) is 0 Å². The van der Waals surface area contributed by atoms with Crippen molar-refractivity contribution < 1.29 is 23.9 Å². The predicted molar refractivity (Wildman–Crippen MR) is 101 cm³/mol. The number of benzene rings is 1. The normalized spacial score (nSPS) is 10.0. The Hall–Kier alpha value is -2.90. The van der Waals surface area contributed by atoms with Gasteiger partial charge in [0, 0.05) is 37.7 Å². The van der Waals surface area contributed by atoms with Gasteiger partial charge in [0.2, 0.25) is 5.91 Å². The summed E-state index contributed by atoms with van der Waals surface area (Å²) in [6.07, 6.45) is 2.43. The van der Waals surface area contributed by atoms with Gasteiger partial charge in [0.05, 0.1) is 0 Å². The first-order valence-corrected chi connectivity index (χ1v) is 9.00. The minimum absolute atomic E-state index is 0.0723. The maximum absolute atomic E-state index is 11.9. The number of unbranched alkanes of at least 4 members (excludes halogenated alkanes) is 2. The summed E-state index contributed by atoms with van der Waals surface area (Å²) in [5.74, 6) is -1.21. The Morgan fingerprint density at radius 3 is 2.52 bits per heavy atom. The van der Waals surface area contributed by atoms with Gasteiger partial charge in [0.25, 0.3) is 11.8 Å². The van der Waals surface area contributed by atoms with Crippen molar-refractivity contribution in [2.45, 2.75) is 39.5 Å². The summed E-state index contributed by atoms with van der Waals surface area (Å²) in [7, 11) is 0. The molecule has 1 rings (SSSR count). The predicted octanol–water partition coefficient (Wildman–Crippen LogP) is 1.61. The van der Waals surface area contributed by atoms with E-state index in [1.807, 2.05) is 6.92 Å². The molecular weight excluding hydrogens is 350 g/mol. The second kappa shape index (κ2) is 12.5. The molecule has 0 heterocycles. The van der Waals surface area contributed by atoms with E-state index >= 15 is 0 Å². The van der Waals surface area contributed by atoms with E-state index < -0.39 is 11.9 Å². The van der Waals surface area contributed by atoms with Crippen LogP contribution < -0.4 is 16.0 Å². The molecule has 27 heavy (non-hydrogen) atoms. The lowest BCUT2D eigenvalue weighted by Gasteiger charge is -2.08. The van der Waals surface area contributed by atoms with E-state index in [4.69, 9.17) is 4.74 Å². The fraction of sp³-hybridized carbons (Fsp3) is 0.474. The van der Waals surface area contributed by atoms with E-state index in [9.17, 15) is 19.2 Å². The van der Waals surface area contributed by atoms with Crippen LogP contribution >= 0.6 is 0 Å². The Bertz CT molecular complexity index is 661. The number of amides is 3. The van der Waals surface area contributed by atoms with Crippen LogP contribution in [-0.2, 0) is 19.1 Å². The molecule has 148 valence electrons. The Balaban J connectivity index is 2.26. The Kier molecular flexibility index (Phi) is 10.2. The molecule has 3 N–H and O–H groups in total. The standard InChI is InChI=1S/C19H27N3O5/c1-3-20-19(26)15-8-7-9-16(12-15)22-17(24)13-27-18(25)10-5-4-6-11-21-14(2)23/h7-9,12H,3-6,10-11,13H2,1-2H3,(H,20,26)(H,21,23)(H,22,24). The van der Waals surface area contributed by atoms with Gasteiger partial charge in [-0.05, 0) is 38.0 Å². The maximum atomic E-state index is 11.9. The fourth-order valence-electron chi connectivity index (χ4n) is 2.25. The van der Waals surface area contributed by atoms with Gasteiger partial charge in [-0.15, -0.1) is 0 Å². The average molecular weight is 377 g/mol. The van der Waals surface area contributed by atoms with E-state index in [2.05, 4.69) is 16.0 Å². The number of anilines is 1. The van der Waals surface area contributed by atoms with Gasteiger partial charge in [-0.3, -0.25) is 19.2 Å². The number of hydrogen-bond donors (Lipinski definition) is 3. The van der Waals surface area contributed by atoms with Gasteiger partial charge >= 0.3 is 5.97 Å². The van der Waals surface area contributed by atoms with Crippen LogP contribution in [0.1, 0.15) is 49.9 Å². The lowest BCUT2D eigenvalue weighted by Crippen LogP contribution is -2.23. The van der Waals surface area contributed by atoms with Gasteiger partial charge < -0.3 is 20.7 Å². The van der Waals surface area contributed by atoms with Crippen LogP contribution in [0.2, 0.25) is 0 Å². The second-order valence-corrected chi connectivity index (χ2v) is 5.94. The van der Waals surface area contributed by atoms with Crippen molar-refractivity contribution in [3.63, 3.8) is 0 Å². The SMILES string of the molecule is CCNC(=O)c1cccc(NC(=O)COC(=O)CCCCCNC(C)=O)c1. The lowest BCUT2D eigenvalue weighted by atomic mass is 10.2. The summed E-state index contributed by atoms with van der Waals surface area (Å²) in [6, 6.07) is 6.51. The van der Waals surface area contributed by atoms with Crippen LogP contribution in [0.3, 0.4) is 0 Å². The average Bonchev–Trinajstić information content (AvgIpc) is 2.63. The fourth-order valence-corrected chi connectivity index (χ4v) is 2.25. The molecule has 0 saturated heterocycles. The van der Waals surface area contributed by atoms with Gasteiger partial charge in [-0.2, -0.15) is 0 Å². The largest absolute Gasteiger partial charge is 0.456 e. The van der Waals surface area contributed by atoms with Crippen molar-refractivity contribution in [1.82, 2.24) is 10.6 Å². The molecule has 0 aliphatic rings. The molecule has 1 aromatic carbocycles. The number of ether oxygens (including phenoxy) is 1. The highest BCUT2D eigenvalue weighted by atomic mass is 16.5. The molecule has 0 saturated carbocycles. The molecule has 0 fully saturated rings. The van der Waals surface area contributed by atoms with Crippen molar-refractivity contribution in [2.75, 3.05) is 25.0 Å². The lowest BCUT2D eigenvalue weighted by molar-refractivity contribution is -0.147. The molecule has 0 aliphatic carbocycles. The van der Waals surface area contributed by atoms with Gasteiger partial charge in [-0.1, -0.05) is 12.5 Å². The van der Waals surface area contributed by atoms with Crippen molar-refractivity contribution in [3.8, 4) is 0 Å². The summed E-state index contributed by atoms with van der Waals surface area (Å²) in [6.45, 7) is 4.00. The zero-order valence-electron chi connectivity index (χ0n) is 15.8. The zero-order chi connectivity index (χ0) is 20.1. The molecule has 0 radical (unpaired) electrons. The van der Waals surface area contributed by atoms with Gasteiger partial charge in [0.15, 0.2) is 6.61 Å². The second-order valence-electron chi connectivity index (χ2n) is 5.94. The van der Waals surface area contributed by atoms with E-state index in [1.165, 1.54) is 6.92 Å². The molecule has 0 spiro atoms. The van der Waals surface area contributed by atoms with Crippen molar-refractivity contribution in [3.05, 3.63) is 29.8 Å². The minimum Gasteiger partial charge on any atom is -0.456 e. The topological polar surface area (TPSA) is 114 Å². The van der Waals surface area contributed by atoms with Crippen molar-refractivity contribution in [1.29, 1.82) is 0 Å². The zero-order valence-corrected chi connectivity index (χ0v) is 15.8. The monoisotopic (exact) mass is 377 g/mol. The van der Waals surface area contributed by atoms with E-state index in [1.54, 1.807) is 24.3 Å². The summed E-state index contributed by atoms with van der Waals surface area (Å²) in [5, 5.41) is 7.95. The molecule has 3 amide bonds. The summed E-state index contributed by atoms with van der Waals surface area (Å²) < 4.78 is 4.94. The highest BCUT2D eigenvalue weighted by Crippen LogP contribution is 2.10. The molecule has 0 aliphatic heterocycles. The quantitative estimate of drug-likeness (QED) is 0.400. The van der Waals surface area contributed by atoms with E-state index in [0.29, 0.717) is 30.8 Å². The smallest absolute Gasteiger partial charge is 0.306 e. The summed E-state index contributed by atoms with van der Waals surface area (Å²) in [5.41, 5.74) is 0.892. The Morgan fingerprint density at radius 1 is 1.04 bits per heavy atom. The van der Waals surface area contributed by atoms with Crippen LogP contribution in [0.4, 0.5) is 5.69 Å².